The van der Waals surface area contributed by atoms with E-state index in [1.54, 1.807) is 13.2 Å². The minimum Gasteiger partial charge on any atom is -0.497 e. The first-order valence-electron chi connectivity index (χ1n) is 9.28. The average molecular weight is 460 g/mol. The molecule has 0 unspecified atom stereocenters. The molecule has 0 amide bonds. The first-order chi connectivity index (χ1) is 14.6. The molecule has 1 aromatic heterocycles. The Morgan fingerprint density at radius 1 is 1.07 bits per heavy atom. The zero-order valence-electron chi connectivity index (χ0n) is 16.2. The van der Waals surface area contributed by atoms with Gasteiger partial charge in [-0.1, -0.05) is 40.2 Å². The molecule has 6 heteroatoms. The minimum absolute atomic E-state index is 0.452. The smallest absolute Gasteiger partial charge is 0.149 e. The number of nitriles is 1. The van der Waals surface area contributed by atoms with Gasteiger partial charge in [-0.3, -0.25) is 0 Å². The van der Waals surface area contributed by atoms with Crippen LogP contribution < -0.4 is 9.47 Å². The lowest BCUT2D eigenvalue weighted by Crippen LogP contribution is -1.95. The third-order valence-corrected chi connectivity index (χ3v) is 5.10. The number of H-pyrrole nitrogens is 1. The van der Waals surface area contributed by atoms with Gasteiger partial charge in [-0.15, -0.1) is 0 Å². The van der Waals surface area contributed by atoms with Crippen molar-refractivity contribution in [1.29, 1.82) is 5.26 Å². The first kappa shape index (κ1) is 19.7. The summed E-state index contributed by atoms with van der Waals surface area (Å²) in [6.45, 7) is 0.494. The molecule has 0 fully saturated rings. The Balaban J connectivity index is 1.50. The summed E-state index contributed by atoms with van der Waals surface area (Å²) in [4.78, 5) is 7.70. The van der Waals surface area contributed by atoms with Crippen molar-refractivity contribution in [2.45, 2.75) is 6.61 Å². The van der Waals surface area contributed by atoms with E-state index >= 15 is 0 Å². The first-order valence-corrected chi connectivity index (χ1v) is 10.1. The number of halogens is 1. The molecule has 0 saturated carbocycles. The summed E-state index contributed by atoms with van der Waals surface area (Å²) >= 11 is 3.43. The van der Waals surface area contributed by atoms with Crippen molar-refractivity contribution in [1.82, 2.24) is 9.97 Å². The van der Waals surface area contributed by atoms with Crippen LogP contribution in [0, 0.1) is 11.3 Å². The Bertz CT molecular complexity index is 1240. The van der Waals surface area contributed by atoms with E-state index in [4.69, 9.17) is 9.47 Å². The highest BCUT2D eigenvalue weighted by Crippen LogP contribution is 2.23. The third-order valence-electron chi connectivity index (χ3n) is 4.57. The Labute approximate surface area is 182 Å². The minimum atomic E-state index is 0.452. The maximum atomic E-state index is 9.62. The number of nitrogens with one attached hydrogen (secondary N) is 1. The second kappa shape index (κ2) is 8.85. The van der Waals surface area contributed by atoms with Crippen molar-refractivity contribution in [3.05, 3.63) is 88.2 Å². The number of hydrogen-bond donors (Lipinski definition) is 1. The normalized spacial score (nSPS) is 11.3. The Morgan fingerprint density at radius 2 is 1.80 bits per heavy atom. The van der Waals surface area contributed by atoms with E-state index in [2.05, 4.69) is 32.0 Å². The van der Waals surface area contributed by atoms with E-state index < -0.39 is 0 Å². The Morgan fingerprint density at radius 3 is 2.50 bits per heavy atom. The van der Waals surface area contributed by atoms with Gasteiger partial charge in [0, 0.05) is 10.5 Å². The van der Waals surface area contributed by atoms with Gasteiger partial charge in [0.1, 0.15) is 30.0 Å². The highest BCUT2D eigenvalue weighted by molar-refractivity contribution is 9.10. The lowest BCUT2D eigenvalue weighted by molar-refractivity contribution is 0.306. The highest BCUT2D eigenvalue weighted by atomic mass is 79.9. The van der Waals surface area contributed by atoms with E-state index in [0.29, 0.717) is 18.0 Å². The quantitative estimate of drug-likeness (QED) is 0.360. The van der Waals surface area contributed by atoms with Crippen molar-refractivity contribution >= 4 is 38.6 Å². The molecule has 0 aliphatic heterocycles. The number of ether oxygens (including phenoxy) is 2. The van der Waals surface area contributed by atoms with Crippen LogP contribution >= 0.6 is 15.9 Å². The van der Waals surface area contributed by atoms with Crippen LogP contribution in [0.25, 0.3) is 22.7 Å². The predicted octanol–water partition coefficient (Wildman–Crippen LogP) is 5.98. The molecule has 148 valence electrons. The van der Waals surface area contributed by atoms with Crippen LogP contribution in [0.2, 0.25) is 0 Å². The van der Waals surface area contributed by atoms with Gasteiger partial charge in [0.2, 0.25) is 0 Å². The summed E-state index contributed by atoms with van der Waals surface area (Å²) in [5.41, 5.74) is 4.04. The molecule has 4 rings (SSSR count). The molecule has 5 nitrogen and oxygen atoms in total. The SMILES string of the molecule is COc1ccc2nc(/C(C#N)=C\c3ccc(OCc4ccc(Br)cc4)cc3)[nH]c2c1. The number of fused-ring (bicyclic) bond motifs is 1. The van der Waals surface area contributed by atoms with Crippen molar-refractivity contribution in [2.24, 2.45) is 0 Å². The van der Waals surface area contributed by atoms with E-state index in [0.717, 1.165) is 38.1 Å². The molecule has 3 aromatic carbocycles. The van der Waals surface area contributed by atoms with Crippen LogP contribution in [0.5, 0.6) is 11.5 Å². The van der Waals surface area contributed by atoms with Gasteiger partial charge < -0.3 is 14.5 Å². The van der Waals surface area contributed by atoms with Gasteiger partial charge in [0.05, 0.1) is 23.7 Å². The molecule has 0 aliphatic rings. The molecule has 0 bridgehead atoms. The van der Waals surface area contributed by atoms with E-state index in [1.165, 1.54) is 0 Å². The topological polar surface area (TPSA) is 70.9 Å². The molecule has 0 aliphatic carbocycles. The molecular formula is C24H18BrN3O2. The van der Waals surface area contributed by atoms with Crippen LogP contribution in [-0.2, 0) is 6.61 Å². The number of aromatic nitrogens is 2. The van der Waals surface area contributed by atoms with Gasteiger partial charge in [-0.05, 0) is 53.6 Å². The summed E-state index contributed by atoms with van der Waals surface area (Å²) in [7, 11) is 1.62. The van der Waals surface area contributed by atoms with Gasteiger partial charge >= 0.3 is 0 Å². The van der Waals surface area contributed by atoms with Gasteiger partial charge in [0.25, 0.3) is 0 Å². The zero-order valence-corrected chi connectivity index (χ0v) is 17.8. The zero-order chi connectivity index (χ0) is 20.9. The third kappa shape index (κ3) is 4.53. The standard InChI is InChI=1S/C24H18BrN3O2/c1-29-21-10-11-22-23(13-21)28-24(27-22)18(14-26)12-16-4-8-20(9-5-16)30-15-17-2-6-19(25)7-3-17/h2-13H,15H2,1H3,(H,27,28)/b18-12-. The van der Waals surface area contributed by atoms with Gasteiger partial charge in [-0.25, -0.2) is 4.98 Å². The fourth-order valence-electron chi connectivity index (χ4n) is 2.97. The van der Waals surface area contributed by atoms with E-state index in [9.17, 15) is 5.26 Å². The summed E-state index contributed by atoms with van der Waals surface area (Å²) in [5.74, 6) is 2.03. The second-order valence-electron chi connectivity index (χ2n) is 6.62. The number of nitrogens with zero attached hydrogens (tertiary/aromatic N) is 2. The van der Waals surface area contributed by atoms with Crippen molar-refractivity contribution in [2.75, 3.05) is 7.11 Å². The predicted molar refractivity (Wildman–Crippen MR) is 121 cm³/mol. The Hall–Kier alpha value is -3.56. The monoisotopic (exact) mass is 459 g/mol. The lowest BCUT2D eigenvalue weighted by atomic mass is 10.1. The highest BCUT2D eigenvalue weighted by Gasteiger charge is 2.09. The maximum absolute atomic E-state index is 9.62. The van der Waals surface area contributed by atoms with Crippen molar-refractivity contribution in [3.63, 3.8) is 0 Å². The number of benzene rings is 3. The van der Waals surface area contributed by atoms with Gasteiger partial charge in [-0.2, -0.15) is 5.26 Å². The number of rotatable bonds is 6. The summed E-state index contributed by atoms with van der Waals surface area (Å²) in [6.07, 6.45) is 1.80. The summed E-state index contributed by atoms with van der Waals surface area (Å²) in [5, 5.41) is 9.62. The number of allylic oxidation sites excluding steroid dienone is 1. The molecule has 0 saturated heterocycles. The molecule has 0 radical (unpaired) electrons. The van der Waals surface area contributed by atoms with Crippen LogP contribution in [0.3, 0.4) is 0 Å². The Kier molecular flexibility index (Phi) is 5.82. The molecule has 30 heavy (non-hydrogen) atoms. The van der Waals surface area contributed by atoms with E-state index in [-0.39, 0.29) is 0 Å². The molecule has 1 heterocycles. The fourth-order valence-corrected chi connectivity index (χ4v) is 3.24. The molecule has 1 N–H and O–H groups in total. The lowest BCUT2D eigenvalue weighted by Gasteiger charge is -2.07. The van der Waals surface area contributed by atoms with Crippen LogP contribution in [-0.4, -0.2) is 17.1 Å². The number of hydrogen-bond acceptors (Lipinski definition) is 4. The molecule has 0 atom stereocenters. The fraction of sp³-hybridized carbons (Fsp3) is 0.0833. The number of methoxy groups -OCH3 is 1. The van der Waals surface area contributed by atoms with Gasteiger partial charge in [0.15, 0.2) is 0 Å². The second-order valence-corrected chi connectivity index (χ2v) is 7.54. The van der Waals surface area contributed by atoms with Crippen molar-refractivity contribution < 1.29 is 9.47 Å². The molecule has 4 aromatic rings. The molecular weight excluding hydrogens is 442 g/mol. The van der Waals surface area contributed by atoms with E-state index in [1.807, 2.05) is 66.7 Å². The maximum Gasteiger partial charge on any atom is 0.149 e. The summed E-state index contributed by atoms with van der Waals surface area (Å²) < 4.78 is 12.1. The van der Waals surface area contributed by atoms with Crippen molar-refractivity contribution in [3.8, 4) is 17.6 Å². The number of imidazole rings is 1. The average Bonchev–Trinajstić information content (AvgIpc) is 3.21. The molecule has 0 spiro atoms. The summed E-state index contributed by atoms with van der Waals surface area (Å²) in [6, 6.07) is 23.4. The van der Waals surface area contributed by atoms with Crippen LogP contribution in [0.15, 0.2) is 71.2 Å². The largest absolute Gasteiger partial charge is 0.497 e. The van der Waals surface area contributed by atoms with Crippen LogP contribution in [0.4, 0.5) is 0 Å². The van der Waals surface area contributed by atoms with Crippen LogP contribution in [0.1, 0.15) is 17.0 Å². The number of aromatic amines is 1.